The van der Waals surface area contributed by atoms with Crippen molar-refractivity contribution < 1.29 is 22.3 Å². The van der Waals surface area contributed by atoms with Gasteiger partial charge in [0.15, 0.2) is 16.8 Å². The van der Waals surface area contributed by atoms with Crippen LogP contribution in [0.15, 0.2) is 22.1 Å². The molecule has 3 saturated heterocycles. The predicted molar refractivity (Wildman–Crippen MR) is 98.7 cm³/mol. The molecule has 0 aliphatic carbocycles. The summed E-state index contributed by atoms with van der Waals surface area (Å²) >= 11 is 1.40. The lowest BCUT2D eigenvalue weighted by Gasteiger charge is -2.47. The van der Waals surface area contributed by atoms with Crippen molar-refractivity contribution in [3.8, 4) is 16.3 Å². The molecule has 3 fully saturated rings. The molecule has 3 aromatic rings. The third-order valence-corrected chi connectivity index (χ3v) is 5.95. The lowest BCUT2D eigenvalue weighted by Crippen LogP contribution is -2.67. The molecule has 3 aliphatic rings. The zero-order valence-electron chi connectivity index (χ0n) is 14.9. The molecule has 0 radical (unpaired) electrons. The number of nitrogens with one attached hydrogen (secondary N) is 1. The van der Waals surface area contributed by atoms with E-state index >= 15 is 0 Å². The number of alkyl halides is 3. The Morgan fingerprint density at radius 1 is 1.36 bits per heavy atom. The Morgan fingerprint density at radius 2 is 2.11 bits per heavy atom. The lowest BCUT2D eigenvalue weighted by atomic mass is 9.92. The monoisotopic (exact) mass is 410 g/mol. The van der Waals surface area contributed by atoms with Gasteiger partial charge in [-0.25, -0.2) is 4.98 Å². The average molecular weight is 410 g/mol. The Labute approximate surface area is 162 Å². The first-order chi connectivity index (χ1) is 13.4. The van der Waals surface area contributed by atoms with Gasteiger partial charge >= 0.3 is 6.36 Å². The van der Waals surface area contributed by atoms with Crippen molar-refractivity contribution in [2.75, 3.05) is 18.0 Å². The van der Waals surface area contributed by atoms with Crippen LogP contribution in [0.1, 0.15) is 18.9 Å². The number of hydrogen-bond acceptors (Lipinski definition) is 7. The number of aryl methyl sites for hydroxylation is 1. The van der Waals surface area contributed by atoms with Crippen LogP contribution in [-0.4, -0.2) is 41.5 Å². The fourth-order valence-electron chi connectivity index (χ4n) is 3.92. The fraction of sp³-hybridized carbons (Fsp3) is 0.444. The molecule has 6 nitrogen and oxygen atoms in total. The standard InChI is InChI=1S/C18H17F3N4O2S/c1-2-9-5-12(16-22-3-4-28-16)15-13(14(9)27-18(19,20)21)24-17(26-15)25-7-10-6-11(8-25)23-10/h3-5,10-11,23H,2,6-8H2,1H3. The molecule has 0 spiro atoms. The van der Waals surface area contributed by atoms with Gasteiger partial charge in [-0.3, -0.25) is 0 Å². The van der Waals surface area contributed by atoms with Crippen LogP contribution < -0.4 is 15.0 Å². The zero-order valence-corrected chi connectivity index (χ0v) is 15.7. The molecule has 2 aromatic heterocycles. The van der Waals surface area contributed by atoms with Gasteiger partial charge in [0.1, 0.15) is 5.01 Å². The van der Waals surface area contributed by atoms with Crippen molar-refractivity contribution in [2.24, 2.45) is 0 Å². The number of aromatic nitrogens is 2. The van der Waals surface area contributed by atoms with Gasteiger partial charge in [0.2, 0.25) is 0 Å². The maximum atomic E-state index is 13.1. The summed E-state index contributed by atoms with van der Waals surface area (Å²) in [5.41, 5.74) is 1.41. The van der Waals surface area contributed by atoms with Gasteiger partial charge in [-0.05, 0) is 24.5 Å². The van der Waals surface area contributed by atoms with Crippen molar-refractivity contribution in [2.45, 2.75) is 38.2 Å². The van der Waals surface area contributed by atoms with Gasteiger partial charge in [-0.1, -0.05) is 6.92 Å². The summed E-state index contributed by atoms with van der Waals surface area (Å²) in [6.07, 6.45) is -1.70. The average Bonchev–Trinajstić information content (AvgIpc) is 3.30. The minimum Gasteiger partial charge on any atom is -0.422 e. The van der Waals surface area contributed by atoms with E-state index in [4.69, 9.17) is 4.42 Å². The molecular formula is C18H17F3N4O2S. The molecule has 28 heavy (non-hydrogen) atoms. The molecule has 1 N–H and O–H groups in total. The Kier molecular flexibility index (Phi) is 4.02. The van der Waals surface area contributed by atoms with Gasteiger partial charge in [0.25, 0.3) is 6.01 Å². The Balaban J connectivity index is 1.68. The van der Waals surface area contributed by atoms with Gasteiger partial charge in [-0.15, -0.1) is 24.5 Å². The van der Waals surface area contributed by atoms with E-state index in [-0.39, 0.29) is 16.8 Å². The highest BCUT2D eigenvalue weighted by Gasteiger charge is 2.39. The van der Waals surface area contributed by atoms with E-state index in [1.807, 2.05) is 10.3 Å². The first-order valence-corrected chi connectivity index (χ1v) is 9.92. The second kappa shape index (κ2) is 6.35. The number of piperazine rings is 1. The van der Waals surface area contributed by atoms with Gasteiger partial charge in [0.05, 0.1) is 5.56 Å². The number of anilines is 1. The first-order valence-electron chi connectivity index (χ1n) is 9.04. The number of rotatable bonds is 4. The molecule has 0 amide bonds. The maximum absolute atomic E-state index is 13.1. The van der Waals surface area contributed by atoms with Crippen molar-refractivity contribution >= 4 is 28.5 Å². The fourth-order valence-corrected chi connectivity index (χ4v) is 4.57. The van der Waals surface area contributed by atoms with Gasteiger partial charge < -0.3 is 19.4 Å². The number of ether oxygens (including phenoxy) is 1. The normalized spacial score (nSPS) is 21.8. The molecule has 2 atom stereocenters. The molecule has 10 heteroatoms. The number of fused-ring (bicyclic) bond motifs is 3. The molecular weight excluding hydrogens is 393 g/mol. The Bertz CT molecular complexity index is 1000. The van der Waals surface area contributed by atoms with Crippen LogP contribution >= 0.6 is 11.3 Å². The number of oxazole rings is 1. The number of piperidine rings is 1. The van der Waals surface area contributed by atoms with E-state index in [1.165, 1.54) is 11.3 Å². The van der Waals surface area contributed by atoms with E-state index in [9.17, 15) is 13.2 Å². The van der Waals surface area contributed by atoms with Crippen LogP contribution in [0.4, 0.5) is 19.2 Å². The second-order valence-electron chi connectivity index (χ2n) is 7.03. The van der Waals surface area contributed by atoms with Gasteiger partial charge in [-0.2, -0.15) is 4.98 Å². The Morgan fingerprint density at radius 3 is 2.71 bits per heavy atom. The number of nitrogens with zero attached hydrogens (tertiary/aromatic N) is 3. The van der Waals surface area contributed by atoms with E-state index in [1.54, 1.807) is 19.2 Å². The first kappa shape index (κ1) is 17.7. The summed E-state index contributed by atoms with van der Waals surface area (Å²) in [4.78, 5) is 10.7. The van der Waals surface area contributed by atoms with Crippen molar-refractivity contribution in [1.82, 2.24) is 15.3 Å². The minimum absolute atomic E-state index is 0.0871. The molecule has 6 rings (SSSR count). The number of benzene rings is 1. The maximum Gasteiger partial charge on any atom is 0.573 e. The second-order valence-corrected chi connectivity index (χ2v) is 7.92. The largest absolute Gasteiger partial charge is 0.573 e. The molecule has 0 saturated carbocycles. The van der Waals surface area contributed by atoms with Crippen molar-refractivity contribution in [1.29, 1.82) is 0 Å². The van der Waals surface area contributed by atoms with Crippen LogP contribution in [0.3, 0.4) is 0 Å². The molecule has 148 valence electrons. The quantitative estimate of drug-likeness (QED) is 0.703. The molecule has 3 aliphatic heterocycles. The third-order valence-electron chi connectivity index (χ3n) is 5.14. The third kappa shape index (κ3) is 3.00. The minimum atomic E-state index is -4.81. The predicted octanol–water partition coefficient (Wildman–Crippen LogP) is 3.96. The van der Waals surface area contributed by atoms with Crippen molar-refractivity contribution in [3.63, 3.8) is 0 Å². The van der Waals surface area contributed by atoms with Crippen LogP contribution in [0, 0.1) is 0 Å². The number of thiazole rings is 1. The Hall–Kier alpha value is -2.33. The molecule has 2 unspecified atom stereocenters. The van der Waals surface area contributed by atoms with E-state index < -0.39 is 6.36 Å². The van der Waals surface area contributed by atoms with Crippen LogP contribution in [0.25, 0.3) is 21.7 Å². The van der Waals surface area contributed by atoms with Crippen LogP contribution in [-0.2, 0) is 6.42 Å². The van der Waals surface area contributed by atoms with Crippen LogP contribution in [0.5, 0.6) is 5.75 Å². The lowest BCUT2D eigenvalue weighted by molar-refractivity contribution is -0.274. The summed E-state index contributed by atoms with van der Waals surface area (Å²) in [5, 5.41) is 5.90. The van der Waals surface area contributed by atoms with Crippen molar-refractivity contribution in [3.05, 3.63) is 23.2 Å². The molecule has 2 bridgehead atoms. The molecule has 5 heterocycles. The molecule has 1 aromatic carbocycles. The SMILES string of the molecule is CCc1cc(-c2nccs2)c2oc(N3CC4CC(C3)N4)nc2c1OC(F)(F)F. The highest BCUT2D eigenvalue weighted by molar-refractivity contribution is 7.13. The smallest absolute Gasteiger partial charge is 0.422 e. The summed E-state index contributed by atoms with van der Waals surface area (Å²) < 4.78 is 49.6. The summed E-state index contributed by atoms with van der Waals surface area (Å²) in [5.74, 6) is -0.291. The van der Waals surface area contributed by atoms with E-state index in [0.29, 0.717) is 53.7 Å². The van der Waals surface area contributed by atoms with Gasteiger partial charge in [0, 0.05) is 36.8 Å². The van der Waals surface area contributed by atoms with Crippen LogP contribution in [0.2, 0.25) is 0 Å². The topological polar surface area (TPSA) is 63.4 Å². The van der Waals surface area contributed by atoms with E-state index in [2.05, 4.69) is 20.0 Å². The summed E-state index contributed by atoms with van der Waals surface area (Å²) in [7, 11) is 0. The highest BCUT2D eigenvalue weighted by atomic mass is 32.1. The summed E-state index contributed by atoms with van der Waals surface area (Å²) in [6.45, 7) is 3.21. The number of hydrogen-bond donors (Lipinski definition) is 1. The number of halogens is 3. The summed E-state index contributed by atoms with van der Waals surface area (Å²) in [6, 6.07) is 2.71. The zero-order chi connectivity index (χ0) is 19.5. The highest BCUT2D eigenvalue weighted by Crippen LogP contribution is 2.42. The van der Waals surface area contributed by atoms with E-state index in [0.717, 1.165) is 6.42 Å².